The molecule has 0 aliphatic rings. The van der Waals surface area contributed by atoms with E-state index in [1.165, 1.54) is 0 Å². The van der Waals surface area contributed by atoms with Crippen molar-refractivity contribution in [3.8, 4) is 0 Å². The van der Waals surface area contributed by atoms with Crippen molar-refractivity contribution in [2.75, 3.05) is 19.1 Å². The third-order valence-electron chi connectivity index (χ3n) is 0.855. The molecule has 0 atom stereocenters. The fraction of sp³-hybridized carbons (Fsp3) is 1.00. The van der Waals surface area contributed by atoms with Gasteiger partial charge in [-0.1, -0.05) is 19.6 Å². The Bertz CT molecular complexity index is 130. The molecule has 0 bridgehead atoms. The molecule has 0 aromatic heterocycles. The molecule has 0 saturated carbocycles. The second-order valence-corrected chi connectivity index (χ2v) is 13.8. The zero-order valence-electron chi connectivity index (χ0n) is 7.06. The monoisotopic (exact) mass is 164 g/mol. The zero-order chi connectivity index (χ0) is 7.71. The summed E-state index contributed by atoms with van der Waals surface area (Å²) >= 11 is 0. The summed E-state index contributed by atoms with van der Waals surface area (Å²) in [7, 11) is -2.78. The van der Waals surface area contributed by atoms with Gasteiger partial charge in [0.15, 0.2) is 0 Å². The van der Waals surface area contributed by atoms with Gasteiger partial charge >= 0.3 is 0 Å². The van der Waals surface area contributed by atoms with Crippen LogP contribution < -0.4 is 0 Å². The highest BCUT2D eigenvalue weighted by Gasteiger charge is 2.20. The van der Waals surface area contributed by atoms with Crippen LogP contribution in [-0.4, -0.2) is 27.2 Å². The highest BCUT2D eigenvalue weighted by molar-refractivity contribution is 7.65. The maximum atomic E-state index is 11.3. The summed E-state index contributed by atoms with van der Waals surface area (Å²) in [6.45, 7) is 10.5. The number of hydrogen-bond donors (Lipinski definition) is 0. The van der Waals surface area contributed by atoms with Crippen LogP contribution >= 0.6 is 7.14 Å². The molecule has 0 aliphatic carbocycles. The first-order valence-electron chi connectivity index (χ1n) is 3.25. The Hall–Kier alpha value is 0.447. The largest absolute Gasteiger partial charge is 0.324 e. The minimum atomic E-state index is -1.73. The van der Waals surface area contributed by atoms with Crippen LogP contribution in [0, 0.1) is 0 Å². The summed E-state index contributed by atoms with van der Waals surface area (Å²) in [5.74, 6) is 0.986. The van der Waals surface area contributed by atoms with E-state index in [1.54, 1.807) is 0 Å². The van der Waals surface area contributed by atoms with Gasteiger partial charge in [0.05, 0.1) is 15.2 Å². The second kappa shape index (κ2) is 2.59. The quantitative estimate of drug-likeness (QED) is 0.452. The smallest absolute Gasteiger partial charge is 0.0794 e. The van der Waals surface area contributed by atoms with Gasteiger partial charge in [0.1, 0.15) is 0 Å². The van der Waals surface area contributed by atoms with Gasteiger partial charge in [-0.15, -0.1) is 0 Å². The van der Waals surface area contributed by atoms with Gasteiger partial charge in [0.25, 0.3) is 0 Å². The predicted octanol–water partition coefficient (Wildman–Crippen LogP) is 2.49. The van der Waals surface area contributed by atoms with Gasteiger partial charge in [0.2, 0.25) is 0 Å². The topological polar surface area (TPSA) is 17.1 Å². The van der Waals surface area contributed by atoms with Crippen molar-refractivity contribution in [2.45, 2.75) is 19.6 Å². The lowest BCUT2D eigenvalue weighted by atomic mass is 11.7. The average Bonchev–Trinajstić information content (AvgIpc) is 1.14. The molecule has 0 aromatic rings. The van der Waals surface area contributed by atoms with E-state index < -0.39 is 15.2 Å². The molecular weight excluding hydrogens is 147 g/mol. The van der Waals surface area contributed by atoms with Crippen molar-refractivity contribution >= 4 is 15.2 Å². The van der Waals surface area contributed by atoms with Crippen LogP contribution in [0.25, 0.3) is 0 Å². The van der Waals surface area contributed by atoms with E-state index in [4.69, 9.17) is 0 Å². The van der Waals surface area contributed by atoms with Crippen molar-refractivity contribution in [1.82, 2.24) is 0 Å². The third kappa shape index (κ3) is 8.45. The zero-order valence-corrected chi connectivity index (χ0v) is 8.96. The fourth-order valence-electron chi connectivity index (χ4n) is 1.14. The number of rotatable bonds is 2. The molecule has 56 valence electrons. The van der Waals surface area contributed by atoms with Crippen LogP contribution in [0.2, 0.25) is 19.6 Å². The molecule has 0 radical (unpaired) electrons. The highest BCUT2D eigenvalue weighted by Crippen LogP contribution is 2.38. The average molecular weight is 164 g/mol. The molecule has 9 heavy (non-hydrogen) atoms. The summed E-state index contributed by atoms with van der Waals surface area (Å²) in [6, 6.07) is 0. The lowest BCUT2D eigenvalue weighted by Crippen LogP contribution is -2.25. The third-order valence-corrected chi connectivity index (χ3v) is 7.70. The molecule has 0 saturated heterocycles. The Morgan fingerprint density at radius 2 is 1.56 bits per heavy atom. The van der Waals surface area contributed by atoms with Gasteiger partial charge in [-0.3, -0.25) is 0 Å². The molecule has 0 rings (SSSR count). The molecule has 0 aliphatic heterocycles. The maximum Gasteiger partial charge on any atom is 0.0794 e. The van der Waals surface area contributed by atoms with Crippen molar-refractivity contribution in [1.29, 1.82) is 0 Å². The molecule has 0 amide bonds. The highest BCUT2D eigenvalue weighted by atomic mass is 31.2. The van der Waals surface area contributed by atoms with Gasteiger partial charge in [-0.05, 0) is 19.1 Å². The van der Waals surface area contributed by atoms with E-state index in [-0.39, 0.29) is 0 Å². The van der Waals surface area contributed by atoms with Crippen molar-refractivity contribution in [3.05, 3.63) is 0 Å². The maximum absolute atomic E-state index is 11.3. The molecule has 0 aromatic carbocycles. The molecule has 3 heteroatoms. The van der Waals surface area contributed by atoms with E-state index in [9.17, 15) is 4.57 Å². The van der Waals surface area contributed by atoms with Crippen LogP contribution in [0.1, 0.15) is 0 Å². The lowest BCUT2D eigenvalue weighted by molar-refractivity contribution is 0.585. The second-order valence-electron chi connectivity index (χ2n) is 4.29. The molecular formula is C6H17OPSi. The summed E-state index contributed by atoms with van der Waals surface area (Å²) in [5, 5.41) is 0. The molecule has 0 unspecified atom stereocenters. The van der Waals surface area contributed by atoms with Crippen LogP contribution in [0.4, 0.5) is 0 Å². The van der Waals surface area contributed by atoms with Gasteiger partial charge in [0, 0.05) is 0 Å². The van der Waals surface area contributed by atoms with E-state index in [0.29, 0.717) is 0 Å². The summed E-state index contributed by atoms with van der Waals surface area (Å²) in [6.07, 6.45) is 0. The normalized spacial score (nSPS) is 13.9. The lowest BCUT2D eigenvalue weighted by Gasteiger charge is -2.18. The minimum Gasteiger partial charge on any atom is -0.324 e. The number of hydrogen-bond acceptors (Lipinski definition) is 1. The molecule has 0 N–H and O–H groups in total. The first-order chi connectivity index (χ1) is 3.71. The van der Waals surface area contributed by atoms with E-state index in [0.717, 1.165) is 5.79 Å². The molecule has 1 nitrogen and oxygen atoms in total. The molecule has 0 fully saturated rings. The Labute approximate surface area is 59.2 Å². The summed E-state index contributed by atoms with van der Waals surface area (Å²) in [5.41, 5.74) is 0. The van der Waals surface area contributed by atoms with Crippen molar-refractivity contribution in [2.24, 2.45) is 0 Å². The van der Waals surface area contributed by atoms with Crippen LogP contribution in [0.5, 0.6) is 0 Å². The summed E-state index contributed by atoms with van der Waals surface area (Å²) in [4.78, 5) is 0. The van der Waals surface area contributed by atoms with E-state index in [1.807, 2.05) is 13.3 Å². The molecule has 0 heterocycles. The predicted molar refractivity (Wildman–Crippen MR) is 47.7 cm³/mol. The van der Waals surface area contributed by atoms with Crippen molar-refractivity contribution in [3.63, 3.8) is 0 Å². The van der Waals surface area contributed by atoms with Crippen LogP contribution in [0.3, 0.4) is 0 Å². The first-order valence-corrected chi connectivity index (χ1v) is 9.74. The van der Waals surface area contributed by atoms with Crippen LogP contribution in [0.15, 0.2) is 0 Å². The fourth-order valence-corrected chi connectivity index (χ4v) is 10.3. The van der Waals surface area contributed by atoms with E-state index in [2.05, 4.69) is 19.6 Å². The Kier molecular flexibility index (Phi) is 2.72. The first kappa shape index (κ1) is 9.45. The van der Waals surface area contributed by atoms with Crippen LogP contribution in [-0.2, 0) is 4.57 Å². The Morgan fingerprint density at radius 3 is 1.56 bits per heavy atom. The van der Waals surface area contributed by atoms with Gasteiger partial charge in [-0.25, -0.2) is 0 Å². The Morgan fingerprint density at radius 1 is 1.22 bits per heavy atom. The summed E-state index contributed by atoms with van der Waals surface area (Å²) < 4.78 is 11.3. The minimum absolute atomic E-state index is 0.986. The van der Waals surface area contributed by atoms with Gasteiger partial charge in [-0.2, -0.15) is 0 Å². The SMILES string of the molecule is C[Si](C)(C)CP(C)(C)=O. The molecule has 0 spiro atoms. The van der Waals surface area contributed by atoms with E-state index >= 15 is 0 Å². The standard InChI is InChI=1S/C6H17OPSi/c1-8(2,7)6-9(3,4)5/h6H2,1-5H3. The van der Waals surface area contributed by atoms with Gasteiger partial charge < -0.3 is 4.57 Å². The Balaban J connectivity index is 3.90. The van der Waals surface area contributed by atoms with Crippen molar-refractivity contribution < 1.29 is 4.57 Å².